The number of urea groups is 1. The highest BCUT2D eigenvalue weighted by atomic mass is 16.2. The minimum Gasteiger partial charge on any atom is -0.348 e. The number of nitrogens with zero attached hydrogens (tertiary/aromatic N) is 3. The van der Waals surface area contributed by atoms with Crippen molar-refractivity contribution < 1.29 is 9.59 Å². The highest BCUT2D eigenvalue weighted by Crippen LogP contribution is 2.34. The van der Waals surface area contributed by atoms with Crippen LogP contribution in [0.2, 0.25) is 0 Å². The number of aryl methyl sites for hydroxylation is 1. The number of benzene rings is 1. The standard InChI is InChI=1S/C24H34N4O2/c1-17(2)28(23(30)25-24(4,5)6)16-21(29)27-15-14-26-13-9-12-20(26)22(27)19-11-8-7-10-18(19)3/h7-13,17,22H,14-16H2,1-6H3,(H,25,30)/t22-/m0/s1. The maximum absolute atomic E-state index is 13.5. The van der Waals surface area contributed by atoms with Crippen LogP contribution in [0.15, 0.2) is 42.6 Å². The van der Waals surface area contributed by atoms with Crippen molar-refractivity contribution >= 4 is 11.9 Å². The summed E-state index contributed by atoms with van der Waals surface area (Å²) < 4.78 is 2.22. The van der Waals surface area contributed by atoms with E-state index in [4.69, 9.17) is 0 Å². The normalized spacial score (nSPS) is 16.4. The van der Waals surface area contributed by atoms with Crippen molar-refractivity contribution in [2.75, 3.05) is 13.1 Å². The van der Waals surface area contributed by atoms with Gasteiger partial charge in [-0.05, 0) is 64.8 Å². The molecular formula is C24H34N4O2. The largest absolute Gasteiger partial charge is 0.348 e. The molecular weight excluding hydrogens is 376 g/mol. The highest BCUT2D eigenvalue weighted by Gasteiger charge is 2.34. The maximum Gasteiger partial charge on any atom is 0.318 e. The molecule has 1 N–H and O–H groups in total. The zero-order chi connectivity index (χ0) is 22.1. The van der Waals surface area contributed by atoms with E-state index in [0.717, 1.165) is 23.4 Å². The number of carbonyl (C=O) groups excluding carboxylic acids is 2. The lowest BCUT2D eigenvalue weighted by Gasteiger charge is -2.39. The predicted octanol–water partition coefficient (Wildman–Crippen LogP) is 3.95. The molecule has 0 fully saturated rings. The zero-order valence-corrected chi connectivity index (χ0v) is 19.0. The second-order valence-electron chi connectivity index (χ2n) is 9.37. The Morgan fingerprint density at radius 3 is 2.47 bits per heavy atom. The molecule has 3 rings (SSSR count). The molecule has 0 bridgehead atoms. The van der Waals surface area contributed by atoms with Gasteiger partial charge in [0, 0.05) is 36.6 Å². The van der Waals surface area contributed by atoms with Gasteiger partial charge in [-0.15, -0.1) is 0 Å². The van der Waals surface area contributed by atoms with Crippen LogP contribution in [0.3, 0.4) is 0 Å². The zero-order valence-electron chi connectivity index (χ0n) is 19.0. The Balaban J connectivity index is 1.90. The molecule has 2 aromatic rings. The van der Waals surface area contributed by atoms with Crippen LogP contribution in [0.4, 0.5) is 4.79 Å². The number of amides is 3. The maximum atomic E-state index is 13.5. The van der Waals surface area contributed by atoms with Crippen LogP contribution in [-0.2, 0) is 11.3 Å². The van der Waals surface area contributed by atoms with Crippen molar-refractivity contribution in [2.24, 2.45) is 0 Å². The molecule has 1 aliphatic heterocycles. The second kappa shape index (κ2) is 8.54. The first kappa shape index (κ1) is 21.9. The Labute approximate surface area is 179 Å². The molecule has 30 heavy (non-hydrogen) atoms. The summed E-state index contributed by atoms with van der Waals surface area (Å²) in [7, 11) is 0. The Kier molecular flexibility index (Phi) is 6.25. The number of carbonyl (C=O) groups is 2. The molecule has 3 amide bonds. The van der Waals surface area contributed by atoms with Crippen molar-refractivity contribution in [1.29, 1.82) is 0 Å². The molecule has 0 radical (unpaired) electrons. The molecule has 1 atom stereocenters. The number of hydrogen-bond acceptors (Lipinski definition) is 2. The molecule has 1 aliphatic rings. The van der Waals surface area contributed by atoms with Crippen molar-refractivity contribution in [3.8, 4) is 0 Å². The van der Waals surface area contributed by atoms with Gasteiger partial charge < -0.3 is 19.7 Å². The van der Waals surface area contributed by atoms with Crippen LogP contribution in [0.5, 0.6) is 0 Å². The molecule has 1 aromatic heterocycles. The van der Waals surface area contributed by atoms with Gasteiger partial charge in [0.15, 0.2) is 0 Å². The summed E-state index contributed by atoms with van der Waals surface area (Å²) in [5.74, 6) is -0.0338. The van der Waals surface area contributed by atoms with Crippen LogP contribution in [-0.4, -0.2) is 51.0 Å². The second-order valence-corrected chi connectivity index (χ2v) is 9.37. The van der Waals surface area contributed by atoms with Crippen LogP contribution in [0.1, 0.15) is 57.5 Å². The van der Waals surface area contributed by atoms with Gasteiger partial charge >= 0.3 is 6.03 Å². The van der Waals surface area contributed by atoms with E-state index in [9.17, 15) is 9.59 Å². The molecule has 0 aliphatic carbocycles. The lowest BCUT2D eigenvalue weighted by Crippen LogP contribution is -2.54. The van der Waals surface area contributed by atoms with Crippen molar-refractivity contribution in [3.05, 3.63) is 59.4 Å². The highest BCUT2D eigenvalue weighted by molar-refractivity contribution is 5.85. The lowest BCUT2D eigenvalue weighted by atomic mass is 9.95. The van der Waals surface area contributed by atoms with Crippen LogP contribution in [0, 0.1) is 6.92 Å². The van der Waals surface area contributed by atoms with Gasteiger partial charge in [-0.25, -0.2) is 4.79 Å². The smallest absolute Gasteiger partial charge is 0.318 e. The molecule has 6 nitrogen and oxygen atoms in total. The summed E-state index contributed by atoms with van der Waals surface area (Å²) in [4.78, 5) is 29.9. The van der Waals surface area contributed by atoms with E-state index in [0.29, 0.717) is 6.54 Å². The van der Waals surface area contributed by atoms with Crippen LogP contribution < -0.4 is 5.32 Å². The molecule has 0 saturated heterocycles. The lowest BCUT2D eigenvalue weighted by molar-refractivity contribution is -0.134. The Morgan fingerprint density at radius 1 is 1.13 bits per heavy atom. The van der Waals surface area contributed by atoms with Gasteiger partial charge in [-0.1, -0.05) is 24.3 Å². The van der Waals surface area contributed by atoms with Crippen molar-refractivity contribution in [1.82, 2.24) is 19.7 Å². The van der Waals surface area contributed by atoms with Gasteiger partial charge in [-0.3, -0.25) is 4.79 Å². The predicted molar refractivity (Wildman–Crippen MR) is 119 cm³/mol. The Morgan fingerprint density at radius 2 is 1.83 bits per heavy atom. The summed E-state index contributed by atoms with van der Waals surface area (Å²) in [6, 6.07) is 11.9. The average Bonchev–Trinajstić information content (AvgIpc) is 3.12. The number of aromatic nitrogens is 1. The fourth-order valence-corrected chi connectivity index (χ4v) is 3.99. The summed E-state index contributed by atoms with van der Waals surface area (Å²) >= 11 is 0. The average molecular weight is 411 g/mol. The molecule has 6 heteroatoms. The third-order valence-electron chi connectivity index (χ3n) is 5.51. The minimum atomic E-state index is -0.358. The summed E-state index contributed by atoms with van der Waals surface area (Å²) in [5.41, 5.74) is 3.03. The number of hydrogen-bond donors (Lipinski definition) is 1. The quantitative estimate of drug-likeness (QED) is 0.830. The van der Waals surface area contributed by atoms with E-state index in [1.807, 2.05) is 57.7 Å². The van der Waals surface area contributed by atoms with Crippen molar-refractivity contribution in [3.63, 3.8) is 0 Å². The van der Waals surface area contributed by atoms with Crippen molar-refractivity contribution in [2.45, 2.75) is 65.7 Å². The number of fused-ring (bicyclic) bond motifs is 1. The first-order chi connectivity index (χ1) is 14.1. The van der Waals surface area contributed by atoms with E-state index in [1.165, 1.54) is 0 Å². The van der Waals surface area contributed by atoms with Crippen LogP contribution >= 0.6 is 0 Å². The molecule has 0 unspecified atom stereocenters. The van der Waals surface area contributed by atoms with E-state index in [-0.39, 0.29) is 36.1 Å². The van der Waals surface area contributed by atoms with Gasteiger partial charge in [0.25, 0.3) is 0 Å². The van der Waals surface area contributed by atoms with E-state index in [1.54, 1.807) is 4.90 Å². The summed E-state index contributed by atoms with van der Waals surface area (Å²) in [5, 5.41) is 2.98. The Hall–Kier alpha value is -2.76. The minimum absolute atomic E-state index is 0.0338. The molecule has 2 heterocycles. The first-order valence-electron chi connectivity index (χ1n) is 10.7. The summed E-state index contributed by atoms with van der Waals surface area (Å²) in [6.07, 6.45) is 2.07. The summed E-state index contributed by atoms with van der Waals surface area (Å²) in [6.45, 7) is 13.2. The molecule has 162 valence electrons. The number of nitrogens with one attached hydrogen (secondary N) is 1. The third kappa shape index (κ3) is 4.69. The number of rotatable bonds is 4. The van der Waals surface area contributed by atoms with Gasteiger partial charge in [0.2, 0.25) is 5.91 Å². The van der Waals surface area contributed by atoms with Gasteiger partial charge in [-0.2, -0.15) is 0 Å². The monoisotopic (exact) mass is 410 g/mol. The van der Waals surface area contributed by atoms with E-state index in [2.05, 4.69) is 41.2 Å². The van der Waals surface area contributed by atoms with Gasteiger partial charge in [0.05, 0.1) is 6.04 Å². The third-order valence-corrected chi connectivity index (χ3v) is 5.51. The Bertz CT molecular complexity index is 910. The van der Waals surface area contributed by atoms with E-state index < -0.39 is 0 Å². The van der Waals surface area contributed by atoms with Crippen LogP contribution in [0.25, 0.3) is 0 Å². The fourth-order valence-electron chi connectivity index (χ4n) is 3.99. The SMILES string of the molecule is Cc1ccccc1[C@H]1c2cccn2CCN1C(=O)CN(C(=O)NC(C)(C)C)C(C)C. The van der Waals surface area contributed by atoms with E-state index >= 15 is 0 Å². The molecule has 0 spiro atoms. The first-order valence-corrected chi connectivity index (χ1v) is 10.7. The molecule has 0 saturated carbocycles. The van der Waals surface area contributed by atoms with Gasteiger partial charge in [0.1, 0.15) is 6.54 Å². The molecule has 1 aromatic carbocycles. The topological polar surface area (TPSA) is 57.6 Å². The fraction of sp³-hybridized carbons (Fsp3) is 0.500.